The fourth-order valence-corrected chi connectivity index (χ4v) is 6.89. The van der Waals surface area contributed by atoms with Crippen molar-refractivity contribution in [3.63, 3.8) is 0 Å². The monoisotopic (exact) mass is 431 g/mol. The minimum Gasteiger partial charge on any atom is -0.353 e. The zero-order valence-corrected chi connectivity index (χ0v) is 18.5. The van der Waals surface area contributed by atoms with Gasteiger partial charge in [-0.25, -0.2) is 0 Å². The van der Waals surface area contributed by atoms with Gasteiger partial charge in [0.1, 0.15) is 0 Å². The van der Waals surface area contributed by atoms with Gasteiger partial charge in [-0.15, -0.1) is 12.4 Å². The predicted octanol–water partition coefficient (Wildman–Crippen LogP) is 3.84. The summed E-state index contributed by atoms with van der Waals surface area (Å²) in [5.41, 5.74) is 0.789. The minimum atomic E-state index is -0.0541. The van der Waals surface area contributed by atoms with E-state index in [1.165, 1.54) is 19.3 Å². The number of anilines is 1. The number of halogens is 1. The van der Waals surface area contributed by atoms with Gasteiger partial charge < -0.3 is 10.6 Å². The summed E-state index contributed by atoms with van der Waals surface area (Å²) < 4.78 is 0. The first kappa shape index (κ1) is 21.6. The summed E-state index contributed by atoms with van der Waals surface area (Å²) in [4.78, 5) is 27.7. The Balaban J connectivity index is 0.00000218. The molecule has 164 valence electrons. The largest absolute Gasteiger partial charge is 0.353 e. The van der Waals surface area contributed by atoms with Crippen LogP contribution in [0.2, 0.25) is 0 Å². The first-order chi connectivity index (χ1) is 14.1. The molecule has 6 heteroatoms. The van der Waals surface area contributed by atoms with Gasteiger partial charge in [-0.2, -0.15) is 0 Å². The smallest absolute Gasteiger partial charge is 0.238 e. The number of nitrogens with zero attached hydrogens (tertiary/aromatic N) is 1. The lowest BCUT2D eigenvalue weighted by atomic mass is 9.49. The Morgan fingerprint density at radius 2 is 1.50 bits per heavy atom. The van der Waals surface area contributed by atoms with E-state index in [-0.39, 0.29) is 29.8 Å². The summed E-state index contributed by atoms with van der Waals surface area (Å²) in [6.45, 7) is 2.16. The standard InChI is InChI=1S/C24H33N3O2.ClH/c28-22(25-20-4-2-1-3-5-20)16-27-8-6-21(7-9-27)26-23(29)24-13-17-10-18(14-24)12-19(11-17)15-24;/h1-5,17-19,21H,6-16H2,(H,25,28)(H,26,29);1H. The molecule has 0 atom stereocenters. The highest BCUT2D eigenvalue weighted by atomic mass is 35.5. The van der Waals surface area contributed by atoms with Gasteiger partial charge in [-0.05, 0) is 81.3 Å². The highest BCUT2D eigenvalue weighted by Crippen LogP contribution is 2.60. The lowest BCUT2D eigenvalue weighted by molar-refractivity contribution is -0.147. The van der Waals surface area contributed by atoms with Crippen LogP contribution in [0.5, 0.6) is 0 Å². The Morgan fingerprint density at radius 1 is 0.933 bits per heavy atom. The van der Waals surface area contributed by atoms with Crippen molar-refractivity contribution in [1.29, 1.82) is 0 Å². The zero-order chi connectivity index (χ0) is 19.8. The second-order valence-corrected chi connectivity index (χ2v) is 10.1. The molecule has 0 radical (unpaired) electrons. The lowest BCUT2D eigenvalue weighted by Gasteiger charge is -2.56. The molecule has 1 aromatic carbocycles. The van der Waals surface area contributed by atoms with E-state index in [0.717, 1.165) is 68.6 Å². The molecule has 0 aromatic heterocycles. The fraction of sp³-hybridized carbons (Fsp3) is 0.667. The number of amides is 2. The van der Waals surface area contributed by atoms with Crippen LogP contribution in [0.4, 0.5) is 5.69 Å². The molecule has 0 unspecified atom stereocenters. The Kier molecular flexibility index (Phi) is 6.40. The van der Waals surface area contributed by atoms with Crippen LogP contribution < -0.4 is 10.6 Å². The van der Waals surface area contributed by atoms with Gasteiger partial charge in [0.25, 0.3) is 0 Å². The summed E-state index contributed by atoms with van der Waals surface area (Å²) in [5.74, 6) is 2.79. The van der Waals surface area contributed by atoms with Crippen LogP contribution in [0.15, 0.2) is 30.3 Å². The van der Waals surface area contributed by atoms with Gasteiger partial charge in [0, 0.05) is 30.2 Å². The summed E-state index contributed by atoms with van der Waals surface area (Å²) >= 11 is 0. The molecule has 2 N–H and O–H groups in total. The van der Waals surface area contributed by atoms with E-state index in [9.17, 15) is 9.59 Å². The molecule has 5 nitrogen and oxygen atoms in total. The topological polar surface area (TPSA) is 61.4 Å². The zero-order valence-electron chi connectivity index (χ0n) is 17.6. The van der Waals surface area contributed by atoms with Crippen molar-refractivity contribution < 1.29 is 9.59 Å². The van der Waals surface area contributed by atoms with E-state index in [1.807, 2.05) is 30.3 Å². The Morgan fingerprint density at radius 3 is 2.07 bits per heavy atom. The Bertz CT molecular complexity index is 726. The maximum absolute atomic E-state index is 13.2. The van der Waals surface area contributed by atoms with Crippen LogP contribution in [-0.4, -0.2) is 42.4 Å². The van der Waals surface area contributed by atoms with Gasteiger partial charge >= 0.3 is 0 Å². The number of rotatable bonds is 5. The van der Waals surface area contributed by atoms with Crippen LogP contribution in [0.3, 0.4) is 0 Å². The number of benzene rings is 1. The van der Waals surface area contributed by atoms with E-state index in [1.54, 1.807) is 0 Å². The average Bonchev–Trinajstić information content (AvgIpc) is 2.69. The number of para-hydroxylation sites is 1. The van der Waals surface area contributed by atoms with Crippen molar-refractivity contribution in [2.45, 2.75) is 57.4 Å². The molecule has 1 aliphatic heterocycles. The first-order valence-electron chi connectivity index (χ1n) is 11.5. The van der Waals surface area contributed by atoms with Crippen molar-refractivity contribution in [2.75, 3.05) is 25.0 Å². The number of hydrogen-bond acceptors (Lipinski definition) is 3. The number of hydrogen-bond donors (Lipinski definition) is 2. The average molecular weight is 432 g/mol. The maximum Gasteiger partial charge on any atom is 0.238 e. The van der Waals surface area contributed by atoms with Gasteiger partial charge in [-0.3, -0.25) is 14.5 Å². The number of likely N-dealkylation sites (tertiary alicyclic amines) is 1. The van der Waals surface area contributed by atoms with Crippen molar-refractivity contribution >= 4 is 29.9 Å². The first-order valence-corrected chi connectivity index (χ1v) is 11.5. The normalized spacial score (nSPS) is 33.0. The van der Waals surface area contributed by atoms with Crippen molar-refractivity contribution in [3.8, 4) is 0 Å². The van der Waals surface area contributed by atoms with E-state index in [2.05, 4.69) is 15.5 Å². The van der Waals surface area contributed by atoms with Crippen molar-refractivity contribution in [1.82, 2.24) is 10.2 Å². The van der Waals surface area contributed by atoms with Crippen LogP contribution >= 0.6 is 12.4 Å². The molecule has 6 rings (SSSR count). The highest BCUT2D eigenvalue weighted by molar-refractivity contribution is 5.92. The molecule has 4 saturated carbocycles. The molecule has 30 heavy (non-hydrogen) atoms. The predicted molar refractivity (Wildman–Crippen MR) is 121 cm³/mol. The molecular weight excluding hydrogens is 398 g/mol. The lowest BCUT2D eigenvalue weighted by Crippen LogP contribution is -2.56. The molecule has 4 bridgehead atoms. The minimum absolute atomic E-state index is 0. The van der Waals surface area contributed by atoms with E-state index in [4.69, 9.17) is 0 Å². The van der Waals surface area contributed by atoms with E-state index >= 15 is 0 Å². The molecule has 1 saturated heterocycles. The van der Waals surface area contributed by atoms with Crippen LogP contribution in [-0.2, 0) is 9.59 Å². The third kappa shape index (κ3) is 4.52. The molecule has 5 aliphatic rings. The Hall–Kier alpha value is -1.59. The molecule has 2 amide bonds. The number of nitrogens with one attached hydrogen (secondary N) is 2. The summed E-state index contributed by atoms with van der Waals surface area (Å²) in [6.07, 6.45) is 9.38. The Labute approximate surface area is 185 Å². The third-order valence-corrected chi connectivity index (χ3v) is 7.87. The number of carbonyl (C=O) groups is 2. The molecule has 1 heterocycles. The summed E-state index contributed by atoms with van der Waals surface area (Å²) in [7, 11) is 0. The SMILES string of the molecule is Cl.O=C(CN1CCC(NC(=O)C23CC4CC(CC(C4)C2)C3)CC1)Nc1ccccc1. The fourth-order valence-electron chi connectivity index (χ4n) is 6.89. The van der Waals surface area contributed by atoms with Crippen molar-refractivity contribution in [2.24, 2.45) is 23.2 Å². The van der Waals surface area contributed by atoms with Gasteiger partial charge in [0.05, 0.1) is 6.54 Å². The second kappa shape index (κ2) is 8.88. The van der Waals surface area contributed by atoms with E-state index in [0.29, 0.717) is 12.5 Å². The number of piperidine rings is 1. The van der Waals surface area contributed by atoms with E-state index < -0.39 is 0 Å². The van der Waals surface area contributed by atoms with Gasteiger partial charge in [0.15, 0.2) is 0 Å². The highest BCUT2D eigenvalue weighted by Gasteiger charge is 2.54. The van der Waals surface area contributed by atoms with Crippen LogP contribution in [0, 0.1) is 23.2 Å². The third-order valence-electron chi connectivity index (χ3n) is 7.87. The summed E-state index contributed by atoms with van der Waals surface area (Å²) in [6, 6.07) is 9.87. The van der Waals surface area contributed by atoms with Crippen molar-refractivity contribution in [3.05, 3.63) is 30.3 Å². The van der Waals surface area contributed by atoms with Crippen LogP contribution in [0.1, 0.15) is 51.4 Å². The quantitative estimate of drug-likeness (QED) is 0.744. The second-order valence-electron chi connectivity index (χ2n) is 10.1. The van der Waals surface area contributed by atoms with Crippen LogP contribution in [0.25, 0.3) is 0 Å². The summed E-state index contributed by atoms with van der Waals surface area (Å²) in [5, 5.41) is 6.38. The number of carbonyl (C=O) groups excluding carboxylic acids is 2. The maximum atomic E-state index is 13.2. The van der Waals surface area contributed by atoms with Gasteiger partial charge in [-0.1, -0.05) is 18.2 Å². The molecule has 0 spiro atoms. The molecular formula is C24H34ClN3O2. The molecule has 4 aliphatic carbocycles. The molecule has 5 fully saturated rings. The molecule has 1 aromatic rings. The van der Waals surface area contributed by atoms with Gasteiger partial charge in [0.2, 0.25) is 11.8 Å².